The van der Waals surface area contributed by atoms with Gasteiger partial charge in [-0.15, -0.1) is 11.3 Å². The zero-order chi connectivity index (χ0) is 26.1. The van der Waals surface area contributed by atoms with Gasteiger partial charge in [-0.25, -0.2) is 4.98 Å². The van der Waals surface area contributed by atoms with E-state index in [2.05, 4.69) is 15.6 Å². The molecule has 0 bridgehead atoms. The highest BCUT2D eigenvalue weighted by atomic mass is 35.5. The van der Waals surface area contributed by atoms with E-state index in [4.69, 9.17) is 11.6 Å². The Kier molecular flexibility index (Phi) is 7.28. The second-order valence-corrected chi connectivity index (χ2v) is 10.3. The summed E-state index contributed by atoms with van der Waals surface area (Å²) in [5, 5.41) is 6.67. The number of thiophene rings is 1. The van der Waals surface area contributed by atoms with Gasteiger partial charge >= 0.3 is 0 Å². The van der Waals surface area contributed by atoms with Crippen molar-refractivity contribution in [1.29, 1.82) is 0 Å². The Hall–Kier alpha value is -3.49. The Morgan fingerprint density at radius 2 is 1.78 bits per heavy atom. The molecule has 0 saturated carbocycles. The van der Waals surface area contributed by atoms with Crippen LogP contribution in [0.1, 0.15) is 51.3 Å². The van der Waals surface area contributed by atoms with Crippen LogP contribution in [0.4, 0.5) is 11.4 Å². The van der Waals surface area contributed by atoms with Crippen molar-refractivity contribution in [3.63, 3.8) is 0 Å². The van der Waals surface area contributed by atoms with Crippen LogP contribution in [-0.4, -0.2) is 21.4 Å². The molecular formula is C27H27ClN4O3S. The zero-order valence-electron chi connectivity index (χ0n) is 20.7. The van der Waals surface area contributed by atoms with Crippen molar-refractivity contribution in [3.05, 3.63) is 85.2 Å². The molecule has 2 heterocycles. The molecule has 0 radical (unpaired) electrons. The third-order valence-corrected chi connectivity index (χ3v) is 7.63. The third-order valence-electron chi connectivity index (χ3n) is 6.19. The van der Waals surface area contributed by atoms with Crippen LogP contribution >= 0.6 is 22.9 Å². The Labute approximate surface area is 218 Å². The molecule has 2 aromatic carbocycles. The van der Waals surface area contributed by atoms with Gasteiger partial charge in [-0.05, 0) is 69.0 Å². The molecule has 0 aliphatic carbocycles. The summed E-state index contributed by atoms with van der Waals surface area (Å²) in [6.07, 6.45) is 1.76. The molecule has 4 aromatic rings. The zero-order valence-corrected chi connectivity index (χ0v) is 22.3. The summed E-state index contributed by atoms with van der Waals surface area (Å²) in [4.78, 5) is 45.1. The predicted octanol–water partition coefficient (Wildman–Crippen LogP) is 6.19. The Morgan fingerprint density at radius 1 is 1.03 bits per heavy atom. The maximum Gasteiger partial charge on any atom is 0.266 e. The molecule has 0 spiro atoms. The molecule has 0 fully saturated rings. The first-order valence-corrected chi connectivity index (χ1v) is 12.8. The molecule has 36 heavy (non-hydrogen) atoms. The normalized spacial score (nSPS) is 11.9. The largest absolute Gasteiger partial charge is 0.324 e. The minimum atomic E-state index is -0.778. The van der Waals surface area contributed by atoms with E-state index >= 15 is 0 Å². The third kappa shape index (κ3) is 4.92. The molecule has 4 rings (SSSR count). The molecule has 7 nitrogen and oxygen atoms in total. The molecule has 2 aromatic heterocycles. The van der Waals surface area contributed by atoms with Crippen LogP contribution < -0.4 is 16.2 Å². The van der Waals surface area contributed by atoms with Gasteiger partial charge in [-0.3, -0.25) is 19.0 Å². The maximum absolute atomic E-state index is 13.5. The molecule has 2 amide bonds. The van der Waals surface area contributed by atoms with Gasteiger partial charge in [0.05, 0.1) is 16.6 Å². The number of aromatic nitrogens is 2. The maximum atomic E-state index is 13.5. The van der Waals surface area contributed by atoms with Crippen molar-refractivity contribution in [2.75, 3.05) is 10.6 Å². The summed E-state index contributed by atoms with van der Waals surface area (Å²) in [7, 11) is 0. The Morgan fingerprint density at radius 3 is 2.47 bits per heavy atom. The van der Waals surface area contributed by atoms with Gasteiger partial charge in [0.1, 0.15) is 10.9 Å². The summed E-state index contributed by atoms with van der Waals surface area (Å²) in [5.41, 5.74) is 4.41. The highest BCUT2D eigenvalue weighted by Crippen LogP contribution is 2.29. The number of halogens is 1. The van der Waals surface area contributed by atoms with Crippen molar-refractivity contribution in [2.45, 2.75) is 47.1 Å². The Balaban J connectivity index is 1.67. The number of hydrogen-bond acceptors (Lipinski definition) is 5. The van der Waals surface area contributed by atoms with Gasteiger partial charge in [0.25, 0.3) is 11.5 Å². The van der Waals surface area contributed by atoms with Crippen molar-refractivity contribution >= 4 is 56.3 Å². The Bertz CT molecular complexity index is 1560. The predicted molar refractivity (Wildman–Crippen MR) is 147 cm³/mol. The number of carbonyl (C=O) groups excluding carboxylic acids is 2. The van der Waals surface area contributed by atoms with Crippen LogP contribution in [0, 0.1) is 27.7 Å². The quantitative estimate of drug-likeness (QED) is 0.316. The van der Waals surface area contributed by atoms with Gasteiger partial charge in [0, 0.05) is 16.4 Å². The van der Waals surface area contributed by atoms with Crippen molar-refractivity contribution in [3.8, 4) is 0 Å². The number of rotatable bonds is 6. The average Bonchev–Trinajstić information content (AvgIpc) is 3.17. The summed E-state index contributed by atoms with van der Waals surface area (Å²) in [5.74, 6) is -0.638. The minimum Gasteiger partial charge on any atom is -0.324 e. The lowest BCUT2D eigenvalue weighted by Crippen LogP contribution is -2.33. The van der Waals surface area contributed by atoms with Crippen LogP contribution in [-0.2, 0) is 4.79 Å². The highest BCUT2D eigenvalue weighted by Gasteiger charge is 2.25. The summed E-state index contributed by atoms with van der Waals surface area (Å²) in [6, 6.07) is 10.3. The van der Waals surface area contributed by atoms with Gasteiger partial charge in [0.15, 0.2) is 0 Å². The number of amides is 2. The van der Waals surface area contributed by atoms with E-state index in [0.29, 0.717) is 43.5 Å². The highest BCUT2D eigenvalue weighted by molar-refractivity contribution is 7.20. The van der Waals surface area contributed by atoms with Crippen molar-refractivity contribution < 1.29 is 9.59 Å². The van der Waals surface area contributed by atoms with Crippen LogP contribution in [0.3, 0.4) is 0 Å². The molecule has 2 N–H and O–H groups in total. The van der Waals surface area contributed by atoms with Crippen molar-refractivity contribution in [1.82, 2.24) is 9.55 Å². The van der Waals surface area contributed by atoms with E-state index in [1.807, 2.05) is 52.0 Å². The molecule has 0 aliphatic heterocycles. The fraction of sp³-hybridized carbons (Fsp3) is 0.259. The number of nitrogens with zero attached hydrogens (tertiary/aromatic N) is 2. The van der Waals surface area contributed by atoms with Gasteiger partial charge in [-0.2, -0.15) is 0 Å². The molecule has 1 atom stereocenters. The number of aryl methyl sites for hydroxylation is 4. The number of hydrogen-bond donors (Lipinski definition) is 2. The first-order valence-electron chi connectivity index (χ1n) is 11.6. The SMILES string of the molecule is CCC(C(=O)Nc1cc(Cl)ccc1C)n1cnc2sc(C(=O)Nc3ccc(C)cc3C)c(C)c2c1=O. The first kappa shape index (κ1) is 25.6. The average molecular weight is 523 g/mol. The summed E-state index contributed by atoms with van der Waals surface area (Å²) < 4.78 is 1.34. The van der Waals surface area contributed by atoms with Crippen LogP contribution in [0.15, 0.2) is 47.5 Å². The van der Waals surface area contributed by atoms with E-state index in [1.165, 1.54) is 22.2 Å². The van der Waals surface area contributed by atoms with E-state index in [9.17, 15) is 14.4 Å². The number of anilines is 2. The minimum absolute atomic E-state index is 0.297. The topological polar surface area (TPSA) is 93.1 Å². The van der Waals surface area contributed by atoms with E-state index < -0.39 is 6.04 Å². The monoisotopic (exact) mass is 522 g/mol. The lowest BCUT2D eigenvalue weighted by Gasteiger charge is -2.18. The molecule has 1 unspecified atom stereocenters. The fourth-order valence-electron chi connectivity index (χ4n) is 4.16. The molecule has 186 valence electrons. The number of carbonyl (C=O) groups is 2. The van der Waals surface area contributed by atoms with Gasteiger partial charge in [-0.1, -0.05) is 42.3 Å². The van der Waals surface area contributed by atoms with E-state index in [-0.39, 0.29) is 17.4 Å². The van der Waals surface area contributed by atoms with Crippen LogP contribution in [0.5, 0.6) is 0 Å². The van der Waals surface area contributed by atoms with E-state index in [1.54, 1.807) is 19.1 Å². The smallest absolute Gasteiger partial charge is 0.266 e. The summed E-state index contributed by atoms with van der Waals surface area (Å²) >= 11 is 7.25. The fourth-order valence-corrected chi connectivity index (χ4v) is 5.37. The van der Waals surface area contributed by atoms with Crippen LogP contribution in [0.2, 0.25) is 5.02 Å². The second kappa shape index (κ2) is 10.2. The van der Waals surface area contributed by atoms with E-state index in [0.717, 1.165) is 16.7 Å². The lowest BCUT2D eigenvalue weighted by molar-refractivity contribution is -0.119. The second-order valence-electron chi connectivity index (χ2n) is 8.84. The number of nitrogens with one attached hydrogen (secondary N) is 2. The molecule has 9 heteroatoms. The first-order chi connectivity index (χ1) is 17.1. The lowest BCUT2D eigenvalue weighted by atomic mass is 10.1. The van der Waals surface area contributed by atoms with Crippen molar-refractivity contribution in [2.24, 2.45) is 0 Å². The summed E-state index contributed by atoms with van der Waals surface area (Å²) in [6.45, 7) is 9.35. The molecule has 0 saturated heterocycles. The van der Waals surface area contributed by atoms with Gasteiger partial charge < -0.3 is 10.6 Å². The molecular weight excluding hydrogens is 496 g/mol. The van der Waals surface area contributed by atoms with Gasteiger partial charge in [0.2, 0.25) is 5.91 Å². The molecule has 0 aliphatic rings. The standard InChI is InChI=1S/C27H27ClN4O3S/c1-6-21(24(33)31-20-12-18(28)9-8-15(20)3)32-13-29-26-22(27(32)35)17(5)23(36-26)25(34)30-19-10-7-14(2)11-16(19)4/h7-13,21H,6H2,1-5H3,(H,30,34)(H,31,33). The number of fused-ring (bicyclic) bond motifs is 1. The number of benzene rings is 2. The van der Waals surface area contributed by atoms with Crippen LogP contribution in [0.25, 0.3) is 10.2 Å².